The van der Waals surface area contributed by atoms with Crippen LogP contribution in [0.25, 0.3) is 0 Å². The lowest BCUT2D eigenvalue weighted by molar-refractivity contribution is 0.299. The smallest absolute Gasteiger partial charge is 0.191 e. The van der Waals surface area contributed by atoms with Crippen LogP contribution in [-0.4, -0.2) is 28.1 Å². The summed E-state index contributed by atoms with van der Waals surface area (Å²) in [4.78, 5) is 6.77. The zero-order valence-corrected chi connectivity index (χ0v) is 13.3. The maximum absolute atomic E-state index is 5.77. The number of ether oxygens (including phenoxy) is 1. The van der Waals surface area contributed by atoms with Crippen molar-refractivity contribution in [3.63, 3.8) is 0 Å². The second-order valence-corrected chi connectivity index (χ2v) is 6.33. The highest BCUT2D eigenvalue weighted by Gasteiger charge is 2.12. The maximum Gasteiger partial charge on any atom is 0.191 e. The van der Waals surface area contributed by atoms with Gasteiger partial charge >= 0.3 is 0 Å². The molecule has 21 heavy (non-hydrogen) atoms. The van der Waals surface area contributed by atoms with Crippen molar-refractivity contribution in [3.05, 3.63) is 47.2 Å². The molecule has 1 saturated heterocycles. The van der Waals surface area contributed by atoms with Gasteiger partial charge in [-0.05, 0) is 24.6 Å². The molecule has 2 aromatic rings. The van der Waals surface area contributed by atoms with E-state index in [1.54, 1.807) is 0 Å². The third-order valence-electron chi connectivity index (χ3n) is 3.53. The van der Waals surface area contributed by atoms with Crippen LogP contribution in [0.4, 0.5) is 0 Å². The second-order valence-electron chi connectivity index (χ2n) is 5.26. The number of nitrogens with zero attached hydrogens (tertiary/aromatic N) is 2. The van der Waals surface area contributed by atoms with Gasteiger partial charge in [0.25, 0.3) is 0 Å². The Morgan fingerprint density at radius 2 is 2.10 bits per heavy atom. The van der Waals surface area contributed by atoms with Crippen molar-refractivity contribution >= 4 is 11.8 Å². The molecule has 0 saturated carbocycles. The van der Waals surface area contributed by atoms with E-state index in [0.29, 0.717) is 12.5 Å². The summed E-state index contributed by atoms with van der Waals surface area (Å²) in [5.74, 6) is 4.77. The van der Waals surface area contributed by atoms with E-state index in [1.807, 2.05) is 37.7 Å². The lowest BCUT2D eigenvalue weighted by Crippen LogP contribution is -2.18. The fraction of sp³-hybridized carbons (Fsp3) is 0.438. The second kappa shape index (κ2) is 6.54. The molecule has 0 spiro atoms. The first-order chi connectivity index (χ1) is 10.2. The summed E-state index contributed by atoms with van der Waals surface area (Å²) < 4.78 is 11.2. The first-order valence-corrected chi connectivity index (χ1v) is 8.31. The zero-order valence-electron chi connectivity index (χ0n) is 12.5. The van der Waals surface area contributed by atoms with E-state index in [-0.39, 0.29) is 0 Å². The molecule has 0 amide bonds. The molecule has 0 bridgehead atoms. The molecule has 3 rings (SSSR count). The van der Waals surface area contributed by atoms with Gasteiger partial charge in [0.15, 0.2) is 5.89 Å². The van der Waals surface area contributed by atoms with Crippen LogP contribution >= 0.6 is 11.8 Å². The predicted octanol–water partition coefficient (Wildman–Crippen LogP) is 3.38. The Morgan fingerprint density at radius 3 is 2.71 bits per heavy atom. The third-order valence-corrected chi connectivity index (χ3v) is 4.55. The zero-order chi connectivity index (χ0) is 14.7. The van der Waals surface area contributed by atoms with Gasteiger partial charge in [-0.3, -0.25) is 4.90 Å². The molecule has 5 heteroatoms. The molecule has 0 atom stereocenters. The molecule has 0 radical (unpaired) electrons. The van der Waals surface area contributed by atoms with Crippen molar-refractivity contribution in [2.75, 3.05) is 18.2 Å². The maximum atomic E-state index is 5.77. The van der Waals surface area contributed by atoms with Gasteiger partial charge in [0.2, 0.25) is 0 Å². The number of hydrogen-bond acceptors (Lipinski definition) is 5. The fourth-order valence-electron chi connectivity index (χ4n) is 2.38. The van der Waals surface area contributed by atoms with Gasteiger partial charge in [-0.15, -0.1) is 11.8 Å². The highest BCUT2D eigenvalue weighted by Crippen LogP contribution is 2.19. The van der Waals surface area contributed by atoms with Crippen molar-refractivity contribution in [3.8, 4) is 5.75 Å². The number of hydrogen-bond donors (Lipinski definition) is 0. The molecule has 2 heterocycles. The van der Waals surface area contributed by atoms with E-state index in [2.05, 4.69) is 22.0 Å². The van der Waals surface area contributed by atoms with E-state index in [1.165, 1.54) is 17.9 Å². The lowest BCUT2D eigenvalue weighted by Gasteiger charge is -2.14. The number of thioether (sulfide) groups is 1. The average molecular weight is 304 g/mol. The minimum absolute atomic E-state index is 0.450. The van der Waals surface area contributed by atoms with E-state index in [9.17, 15) is 0 Å². The van der Waals surface area contributed by atoms with E-state index < -0.39 is 0 Å². The molecule has 1 aromatic carbocycles. The third kappa shape index (κ3) is 3.80. The quantitative estimate of drug-likeness (QED) is 0.846. The largest absolute Gasteiger partial charge is 0.487 e. The van der Waals surface area contributed by atoms with Gasteiger partial charge in [0.1, 0.15) is 23.8 Å². The van der Waals surface area contributed by atoms with Gasteiger partial charge in [-0.25, -0.2) is 4.98 Å². The topological polar surface area (TPSA) is 38.5 Å². The van der Waals surface area contributed by atoms with Gasteiger partial charge in [-0.1, -0.05) is 12.1 Å². The van der Waals surface area contributed by atoms with Crippen LogP contribution in [-0.2, 0) is 13.2 Å². The monoisotopic (exact) mass is 304 g/mol. The Balaban J connectivity index is 1.55. The number of rotatable bonds is 5. The summed E-state index contributed by atoms with van der Waals surface area (Å²) in [5, 5.41) is 0. The number of aromatic nitrogens is 1. The molecule has 1 aromatic heterocycles. The molecule has 0 unspecified atom stereocenters. The molecular weight excluding hydrogens is 284 g/mol. The number of aryl methyl sites for hydroxylation is 2. The van der Waals surface area contributed by atoms with Crippen LogP contribution in [0.1, 0.15) is 22.9 Å². The van der Waals surface area contributed by atoms with Gasteiger partial charge in [0.05, 0.1) is 0 Å². The Bertz CT molecular complexity index is 589. The van der Waals surface area contributed by atoms with E-state index >= 15 is 0 Å². The normalized spacial score (nSPS) is 15.5. The summed E-state index contributed by atoms with van der Waals surface area (Å²) >= 11 is 2.00. The molecule has 0 aliphatic carbocycles. The molecule has 4 nitrogen and oxygen atoms in total. The molecule has 1 aliphatic rings. The summed E-state index contributed by atoms with van der Waals surface area (Å²) in [5.41, 5.74) is 2.20. The summed E-state index contributed by atoms with van der Waals surface area (Å²) in [6.45, 7) is 6.42. The Morgan fingerprint density at radius 1 is 1.29 bits per heavy atom. The van der Waals surface area contributed by atoms with Crippen molar-refractivity contribution in [1.82, 2.24) is 9.88 Å². The lowest BCUT2D eigenvalue weighted by atomic mass is 10.2. The molecule has 0 N–H and O–H groups in total. The standard InChI is InChI=1S/C16H20N2O2S/c1-12-16(17-13(2)20-12)10-19-15-5-3-14(4-6-15)9-18-7-8-21-11-18/h3-6H,7-11H2,1-2H3. The van der Waals surface area contributed by atoms with Gasteiger partial charge in [0, 0.05) is 31.6 Å². The Labute approximate surface area is 129 Å². The van der Waals surface area contributed by atoms with Crippen LogP contribution in [0.5, 0.6) is 5.75 Å². The Hall–Kier alpha value is -1.46. The van der Waals surface area contributed by atoms with Crippen molar-refractivity contribution in [1.29, 1.82) is 0 Å². The summed E-state index contributed by atoms with van der Waals surface area (Å²) in [6.07, 6.45) is 0. The first-order valence-electron chi connectivity index (χ1n) is 7.15. The molecule has 1 fully saturated rings. The molecule has 1 aliphatic heterocycles. The highest BCUT2D eigenvalue weighted by atomic mass is 32.2. The van der Waals surface area contributed by atoms with Gasteiger partial charge in [-0.2, -0.15) is 0 Å². The average Bonchev–Trinajstić information content (AvgIpc) is 3.08. The van der Waals surface area contributed by atoms with E-state index in [4.69, 9.17) is 9.15 Å². The van der Waals surface area contributed by atoms with Gasteiger partial charge < -0.3 is 9.15 Å². The van der Waals surface area contributed by atoms with Crippen molar-refractivity contribution in [2.45, 2.75) is 27.0 Å². The van der Waals surface area contributed by atoms with Crippen LogP contribution in [0.15, 0.2) is 28.7 Å². The molecule has 112 valence electrons. The highest BCUT2D eigenvalue weighted by molar-refractivity contribution is 7.99. The van der Waals surface area contributed by atoms with Crippen LogP contribution in [0.3, 0.4) is 0 Å². The Kier molecular flexibility index (Phi) is 4.51. The van der Waals surface area contributed by atoms with Crippen LogP contribution in [0.2, 0.25) is 0 Å². The number of benzene rings is 1. The minimum atomic E-state index is 0.450. The summed E-state index contributed by atoms with van der Waals surface area (Å²) in [6, 6.07) is 8.33. The summed E-state index contributed by atoms with van der Waals surface area (Å²) in [7, 11) is 0. The van der Waals surface area contributed by atoms with Crippen LogP contribution < -0.4 is 4.74 Å². The number of oxazole rings is 1. The fourth-order valence-corrected chi connectivity index (χ4v) is 3.38. The van der Waals surface area contributed by atoms with Crippen LogP contribution in [0, 0.1) is 13.8 Å². The first kappa shape index (κ1) is 14.5. The van der Waals surface area contributed by atoms with Crippen molar-refractivity contribution in [2.24, 2.45) is 0 Å². The SMILES string of the molecule is Cc1nc(COc2ccc(CN3CCSC3)cc2)c(C)o1. The molecular formula is C16H20N2O2S. The van der Waals surface area contributed by atoms with E-state index in [0.717, 1.165) is 29.6 Å². The van der Waals surface area contributed by atoms with Crippen molar-refractivity contribution < 1.29 is 9.15 Å². The predicted molar refractivity (Wildman–Crippen MR) is 84.5 cm³/mol. The minimum Gasteiger partial charge on any atom is -0.487 e.